The van der Waals surface area contributed by atoms with Gasteiger partial charge in [0.15, 0.2) is 5.54 Å². The number of aliphatic carboxylic acids is 1. The van der Waals surface area contributed by atoms with Gasteiger partial charge in [0, 0.05) is 32.3 Å². The van der Waals surface area contributed by atoms with E-state index >= 15 is 0 Å². The van der Waals surface area contributed by atoms with Gasteiger partial charge in [-0.2, -0.15) is 0 Å². The molecule has 2 amide bonds. The van der Waals surface area contributed by atoms with E-state index in [4.69, 9.17) is 4.74 Å². The van der Waals surface area contributed by atoms with Crippen LogP contribution in [0.15, 0.2) is 18.3 Å². The number of ether oxygens (including phenoxy) is 1. The van der Waals surface area contributed by atoms with Crippen molar-refractivity contribution in [2.45, 2.75) is 18.4 Å². The number of amides is 2. The van der Waals surface area contributed by atoms with E-state index in [1.165, 1.54) is 12.3 Å². The Kier molecular flexibility index (Phi) is 2.79. The number of rotatable bonds is 2. The molecule has 1 aromatic heterocycles. The van der Waals surface area contributed by atoms with E-state index in [-0.39, 0.29) is 37.3 Å². The summed E-state index contributed by atoms with van der Waals surface area (Å²) in [5, 5.41) is 9.54. The van der Waals surface area contributed by atoms with Gasteiger partial charge in [0.2, 0.25) is 0 Å². The van der Waals surface area contributed by atoms with Gasteiger partial charge in [0.25, 0.3) is 11.8 Å². The fourth-order valence-electron chi connectivity index (χ4n) is 2.70. The van der Waals surface area contributed by atoms with Crippen LogP contribution in [-0.2, 0) is 9.53 Å². The van der Waals surface area contributed by atoms with Crippen molar-refractivity contribution in [1.29, 1.82) is 0 Å². The van der Waals surface area contributed by atoms with Crippen LogP contribution < -0.4 is 0 Å². The van der Waals surface area contributed by atoms with Crippen molar-refractivity contribution in [1.82, 2.24) is 9.88 Å². The zero-order chi connectivity index (χ0) is 14.3. The lowest BCUT2D eigenvalue weighted by Gasteiger charge is -2.39. The molecule has 0 aliphatic carbocycles. The van der Waals surface area contributed by atoms with Crippen molar-refractivity contribution in [2.75, 3.05) is 13.2 Å². The molecule has 1 fully saturated rings. The highest BCUT2D eigenvalue weighted by atomic mass is 16.5. The van der Waals surface area contributed by atoms with Crippen molar-refractivity contribution in [3.63, 3.8) is 0 Å². The minimum atomic E-state index is -1.53. The first-order chi connectivity index (χ1) is 9.58. The van der Waals surface area contributed by atoms with Gasteiger partial charge in [-0.1, -0.05) is 0 Å². The SMILES string of the molecule is O=C1c2cccnc2C(=O)N1C1(C(=O)O)CCOCC1. The lowest BCUT2D eigenvalue weighted by atomic mass is 9.88. The average Bonchev–Trinajstić information content (AvgIpc) is 2.72. The van der Waals surface area contributed by atoms with Crippen molar-refractivity contribution < 1.29 is 24.2 Å². The van der Waals surface area contributed by atoms with Gasteiger partial charge >= 0.3 is 5.97 Å². The van der Waals surface area contributed by atoms with Gasteiger partial charge in [-0.3, -0.25) is 19.5 Å². The molecule has 0 aromatic carbocycles. The topological polar surface area (TPSA) is 96.8 Å². The van der Waals surface area contributed by atoms with E-state index in [2.05, 4.69) is 4.98 Å². The molecule has 7 nitrogen and oxygen atoms in total. The van der Waals surface area contributed by atoms with E-state index < -0.39 is 23.3 Å². The number of imide groups is 1. The van der Waals surface area contributed by atoms with Crippen LogP contribution >= 0.6 is 0 Å². The summed E-state index contributed by atoms with van der Waals surface area (Å²) >= 11 is 0. The van der Waals surface area contributed by atoms with Gasteiger partial charge < -0.3 is 9.84 Å². The first-order valence-electron chi connectivity index (χ1n) is 6.23. The normalized spacial score (nSPS) is 20.9. The number of carboxylic acid groups (broad SMARTS) is 1. The Morgan fingerprint density at radius 3 is 2.60 bits per heavy atom. The second kappa shape index (κ2) is 4.38. The van der Waals surface area contributed by atoms with E-state index in [0.29, 0.717) is 0 Å². The summed E-state index contributed by atoms with van der Waals surface area (Å²) in [6.45, 7) is 0.403. The fraction of sp³-hybridized carbons (Fsp3) is 0.385. The minimum absolute atomic E-state index is 0.0182. The number of carbonyl (C=O) groups excluding carboxylic acids is 2. The van der Waals surface area contributed by atoms with Crippen LogP contribution in [0.2, 0.25) is 0 Å². The minimum Gasteiger partial charge on any atom is -0.479 e. The Bertz CT molecular complexity index is 572. The first kappa shape index (κ1) is 12.7. The Morgan fingerprint density at radius 2 is 2.00 bits per heavy atom. The molecular formula is C13H12N2O5. The van der Waals surface area contributed by atoms with Gasteiger partial charge in [-0.15, -0.1) is 0 Å². The van der Waals surface area contributed by atoms with E-state index in [1.807, 2.05) is 0 Å². The second-order valence-electron chi connectivity index (χ2n) is 4.79. The average molecular weight is 276 g/mol. The molecule has 7 heteroatoms. The molecule has 1 N–H and O–H groups in total. The maximum absolute atomic E-state index is 12.4. The maximum atomic E-state index is 12.4. The molecule has 2 aliphatic heterocycles. The molecule has 2 aliphatic rings. The number of hydrogen-bond acceptors (Lipinski definition) is 5. The zero-order valence-corrected chi connectivity index (χ0v) is 10.5. The fourth-order valence-corrected chi connectivity index (χ4v) is 2.70. The smallest absolute Gasteiger partial charge is 0.330 e. The number of fused-ring (bicyclic) bond motifs is 1. The molecule has 0 bridgehead atoms. The van der Waals surface area contributed by atoms with E-state index in [1.54, 1.807) is 6.07 Å². The van der Waals surface area contributed by atoms with Crippen LogP contribution in [0, 0.1) is 0 Å². The maximum Gasteiger partial charge on any atom is 0.330 e. The predicted molar refractivity (Wildman–Crippen MR) is 65.2 cm³/mol. The summed E-state index contributed by atoms with van der Waals surface area (Å²) in [4.78, 5) is 41.1. The zero-order valence-electron chi connectivity index (χ0n) is 10.5. The third-order valence-electron chi connectivity index (χ3n) is 3.79. The summed E-state index contributed by atoms with van der Waals surface area (Å²) in [6, 6.07) is 3.03. The van der Waals surface area contributed by atoms with Crippen molar-refractivity contribution in [3.8, 4) is 0 Å². The molecule has 0 atom stereocenters. The van der Waals surface area contributed by atoms with Crippen LogP contribution in [0.4, 0.5) is 0 Å². The highest BCUT2D eigenvalue weighted by Crippen LogP contribution is 2.35. The number of hydrogen-bond donors (Lipinski definition) is 1. The Hall–Kier alpha value is -2.28. The number of carbonyl (C=O) groups is 3. The summed E-state index contributed by atoms with van der Waals surface area (Å²) in [5.41, 5.74) is -1.36. The molecule has 0 spiro atoms. The molecule has 1 saturated heterocycles. The summed E-state index contributed by atoms with van der Waals surface area (Å²) < 4.78 is 5.15. The van der Waals surface area contributed by atoms with Crippen LogP contribution in [0.5, 0.6) is 0 Å². The van der Waals surface area contributed by atoms with Gasteiger partial charge in [-0.05, 0) is 12.1 Å². The molecule has 0 saturated carbocycles. The Balaban J connectivity index is 2.08. The van der Waals surface area contributed by atoms with Crippen molar-refractivity contribution >= 4 is 17.8 Å². The lowest BCUT2D eigenvalue weighted by molar-refractivity contribution is -0.154. The Labute approximate surface area is 114 Å². The number of nitrogens with zero attached hydrogens (tertiary/aromatic N) is 2. The first-order valence-corrected chi connectivity index (χ1v) is 6.23. The molecule has 104 valence electrons. The van der Waals surface area contributed by atoms with Gasteiger partial charge in [0.1, 0.15) is 5.69 Å². The van der Waals surface area contributed by atoms with Crippen LogP contribution in [0.1, 0.15) is 33.7 Å². The molecule has 0 unspecified atom stereocenters. The molecule has 0 radical (unpaired) electrons. The van der Waals surface area contributed by atoms with Gasteiger partial charge in [0.05, 0.1) is 5.56 Å². The second-order valence-corrected chi connectivity index (χ2v) is 4.79. The summed E-state index contributed by atoms with van der Waals surface area (Å²) in [5.74, 6) is -2.42. The van der Waals surface area contributed by atoms with Crippen molar-refractivity contribution in [3.05, 3.63) is 29.6 Å². The molecular weight excluding hydrogens is 264 g/mol. The third-order valence-corrected chi connectivity index (χ3v) is 3.79. The van der Waals surface area contributed by atoms with E-state index in [9.17, 15) is 19.5 Å². The van der Waals surface area contributed by atoms with Crippen LogP contribution in [-0.4, -0.2) is 51.5 Å². The molecule has 3 heterocycles. The number of carboxylic acids is 1. The number of aromatic nitrogens is 1. The lowest BCUT2D eigenvalue weighted by Crippen LogP contribution is -2.59. The molecule has 3 rings (SSSR count). The summed E-state index contributed by atoms with van der Waals surface area (Å²) in [6.07, 6.45) is 1.59. The van der Waals surface area contributed by atoms with E-state index in [0.717, 1.165) is 4.90 Å². The van der Waals surface area contributed by atoms with Gasteiger partial charge in [-0.25, -0.2) is 4.79 Å². The number of pyridine rings is 1. The highest BCUT2D eigenvalue weighted by molar-refractivity contribution is 6.22. The summed E-state index contributed by atoms with van der Waals surface area (Å²) in [7, 11) is 0. The quantitative estimate of drug-likeness (QED) is 0.781. The predicted octanol–water partition coefficient (Wildman–Crippen LogP) is 0.311. The highest BCUT2D eigenvalue weighted by Gasteiger charge is 2.55. The molecule has 20 heavy (non-hydrogen) atoms. The van der Waals surface area contributed by atoms with Crippen LogP contribution in [0.3, 0.4) is 0 Å². The van der Waals surface area contributed by atoms with Crippen molar-refractivity contribution in [2.24, 2.45) is 0 Å². The van der Waals surface area contributed by atoms with Crippen LogP contribution in [0.25, 0.3) is 0 Å². The molecule has 1 aromatic rings. The largest absolute Gasteiger partial charge is 0.479 e. The third kappa shape index (κ3) is 1.56. The monoisotopic (exact) mass is 276 g/mol. The standard InChI is InChI=1S/C13H12N2O5/c16-10-8-2-1-5-14-9(8)11(17)15(10)13(12(18)19)3-6-20-7-4-13/h1-2,5H,3-4,6-7H2,(H,18,19). The Morgan fingerprint density at radius 1 is 1.30 bits per heavy atom.